The number of para-hydroxylation sites is 1. The third-order valence-corrected chi connectivity index (χ3v) is 4.63. The molecule has 1 fully saturated rings. The molecule has 3 nitrogen and oxygen atoms in total. The Labute approximate surface area is 149 Å². The third-order valence-electron chi connectivity index (χ3n) is 4.28. The van der Waals surface area contributed by atoms with Gasteiger partial charge in [-0.15, -0.1) is 0 Å². The quantitative estimate of drug-likeness (QED) is 0.492. The summed E-state index contributed by atoms with van der Waals surface area (Å²) in [5, 5.41) is 4.14. The Morgan fingerprint density at radius 3 is 2.33 bits per heavy atom. The monoisotopic (exact) mass is 337 g/mol. The van der Waals surface area contributed by atoms with Gasteiger partial charge in [0.15, 0.2) is 5.11 Å². The first kappa shape index (κ1) is 16.7. The Hall–Kier alpha value is -2.20. The molecule has 0 bridgehead atoms. The number of hydrogen-bond acceptors (Lipinski definition) is 1. The molecule has 3 rings (SSSR count). The van der Waals surface area contributed by atoms with E-state index in [1.54, 1.807) is 0 Å². The van der Waals surface area contributed by atoms with Crippen molar-refractivity contribution in [2.45, 2.75) is 26.2 Å². The zero-order valence-corrected chi connectivity index (χ0v) is 14.9. The van der Waals surface area contributed by atoms with E-state index in [-0.39, 0.29) is 0 Å². The zero-order valence-electron chi connectivity index (χ0n) is 14.0. The average molecular weight is 337 g/mol. The Morgan fingerprint density at radius 2 is 1.62 bits per heavy atom. The van der Waals surface area contributed by atoms with Gasteiger partial charge in [-0.25, -0.2) is 4.99 Å². The summed E-state index contributed by atoms with van der Waals surface area (Å²) in [7, 11) is 0. The first-order chi connectivity index (χ1) is 11.7. The topological polar surface area (TPSA) is 27.6 Å². The lowest BCUT2D eigenvalue weighted by molar-refractivity contribution is 0.344. The van der Waals surface area contributed by atoms with Crippen LogP contribution >= 0.6 is 12.2 Å². The van der Waals surface area contributed by atoms with Gasteiger partial charge in [0.05, 0.1) is 0 Å². The minimum absolute atomic E-state index is 0.676. The van der Waals surface area contributed by atoms with E-state index in [9.17, 15) is 0 Å². The lowest BCUT2D eigenvalue weighted by Crippen LogP contribution is -2.34. The number of likely N-dealkylation sites (tertiary alicyclic amines) is 1. The highest BCUT2D eigenvalue weighted by Crippen LogP contribution is 2.16. The predicted molar refractivity (Wildman–Crippen MR) is 106 cm³/mol. The Balaban J connectivity index is 1.88. The lowest BCUT2D eigenvalue weighted by Gasteiger charge is -2.27. The van der Waals surface area contributed by atoms with Gasteiger partial charge in [-0.3, -0.25) is 0 Å². The summed E-state index contributed by atoms with van der Waals surface area (Å²) in [6, 6.07) is 18.4. The summed E-state index contributed by atoms with van der Waals surface area (Å²) in [5.74, 6) is 0.806. The number of amidine groups is 1. The van der Waals surface area contributed by atoms with Crippen LogP contribution in [0.4, 0.5) is 5.69 Å². The van der Waals surface area contributed by atoms with Gasteiger partial charge < -0.3 is 10.2 Å². The van der Waals surface area contributed by atoms with Crippen LogP contribution in [0.1, 0.15) is 30.4 Å². The van der Waals surface area contributed by atoms with Crippen molar-refractivity contribution in [1.29, 1.82) is 0 Å². The normalized spacial score (nSPS) is 15.2. The standard InChI is InChI=1S/C20H23N3S/c1-16-10-6-7-13-18(16)21-19(17-11-4-2-5-12-17)22-20(24)23-14-8-3-9-15-23/h2,4-7,10-13H,3,8-9,14-15H2,1H3,(H,21,22,24). The molecule has 24 heavy (non-hydrogen) atoms. The minimum atomic E-state index is 0.676. The summed E-state index contributed by atoms with van der Waals surface area (Å²) in [5.41, 5.74) is 3.28. The molecule has 2 aromatic carbocycles. The number of benzene rings is 2. The van der Waals surface area contributed by atoms with Crippen LogP contribution in [0, 0.1) is 6.92 Å². The molecule has 0 radical (unpaired) electrons. The Kier molecular flexibility index (Phi) is 5.59. The number of nitrogens with one attached hydrogen (secondary N) is 1. The summed E-state index contributed by atoms with van der Waals surface area (Å²) in [4.78, 5) is 6.98. The Bertz CT molecular complexity index is 719. The fourth-order valence-corrected chi connectivity index (χ4v) is 3.13. The van der Waals surface area contributed by atoms with Crippen molar-refractivity contribution in [2.75, 3.05) is 18.4 Å². The summed E-state index contributed by atoms with van der Waals surface area (Å²) in [6.45, 7) is 4.11. The van der Waals surface area contributed by atoms with Crippen LogP contribution in [0.2, 0.25) is 0 Å². The highest BCUT2D eigenvalue weighted by Gasteiger charge is 2.14. The van der Waals surface area contributed by atoms with Crippen LogP contribution in [0.5, 0.6) is 0 Å². The van der Waals surface area contributed by atoms with E-state index in [4.69, 9.17) is 17.2 Å². The molecule has 0 spiro atoms. The molecule has 124 valence electrons. The van der Waals surface area contributed by atoms with E-state index in [0.717, 1.165) is 30.2 Å². The second-order valence-electron chi connectivity index (χ2n) is 6.10. The number of piperidine rings is 1. The molecule has 1 heterocycles. The van der Waals surface area contributed by atoms with Crippen LogP contribution in [-0.2, 0) is 0 Å². The SMILES string of the molecule is Cc1ccccc1N/C(=N/C(=S)N1CCCCC1)c1ccccc1. The molecule has 2 aromatic rings. The highest BCUT2D eigenvalue weighted by molar-refractivity contribution is 7.80. The molecule has 4 heteroatoms. The van der Waals surface area contributed by atoms with Gasteiger partial charge in [0.1, 0.15) is 5.84 Å². The first-order valence-corrected chi connectivity index (χ1v) is 8.90. The van der Waals surface area contributed by atoms with Crippen LogP contribution in [0.15, 0.2) is 59.6 Å². The summed E-state index contributed by atoms with van der Waals surface area (Å²) >= 11 is 5.60. The molecule has 1 saturated heterocycles. The summed E-state index contributed by atoms with van der Waals surface area (Å²) < 4.78 is 0. The molecule has 1 aliphatic rings. The van der Waals surface area contributed by atoms with Gasteiger partial charge in [0.25, 0.3) is 0 Å². The number of hydrogen-bond donors (Lipinski definition) is 1. The number of aryl methyl sites for hydroxylation is 1. The van der Waals surface area contributed by atoms with E-state index in [1.165, 1.54) is 24.8 Å². The molecule has 0 saturated carbocycles. The van der Waals surface area contributed by atoms with E-state index < -0.39 is 0 Å². The van der Waals surface area contributed by atoms with Gasteiger partial charge in [-0.1, -0.05) is 48.5 Å². The second kappa shape index (κ2) is 8.06. The largest absolute Gasteiger partial charge is 0.347 e. The third kappa shape index (κ3) is 4.20. The van der Waals surface area contributed by atoms with E-state index in [1.807, 2.05) is 30.3 Å². The average Bonchev–Trinajstić information content (AvgIpc) is 2.64. The molecule has 0 atom stereocenters. The molecule has 0 amide bonds. The number of anilines is 1. The van der Waals surface area contributed by atoms with E-state index in [0.29, 0.717) is 5.11 Å². The number of nitrogens with zero attached hydrogens (tertiary/aromatic N) is 2. The van der Waals surface area contributed by atoms with Gasteiger partial charge in [-0.05, 0) is 50.0 Å². The highest BCUT2D eigenvalue weighted by atomic mass is 32.1. The van der Waals surface area contributed by atoms with Crippen LogP contribution in [0.25, 0.3) is 0 Å². The van der Waals surface area contributed by atoms with Gasteiger partial charge >= 0.3 is 0 Å². The van der Waals surface area contributed by atoms with Crippen molar-refractivity contribution in [3.63, 3.8) is 0 Å². The van der Waals surface area contributed by atoms with Crippen molar-refractivity contribution in [3.05, 3.63) is 65.7 Å². The van der Waals surface area contributed by atoms with Crippen LogP contribution in [0.3, 0.4) is 0 Å². The van der Waals surface area contributed by atoms with Crippen LogP contribution in [-0.4, -0.2) is 28.9 Å². The zero-order chi connectivity index (χ0) is 16.8. The fraction of sp³-hybridized carbons (Fsp3) is 0.300. The first-order valence-electron chi connectivity index (χ1n) is 8.50. The van der Waals surface area contributed by atoms with Crippen molar-refractivity contribution in [3.8, 4) is 0 Å². The van der Waals surface area contributed by atoms with Crippen molar-refractivity contribution >= 4 is 28.9 Å². The molecule has 1 N–H and O–H groups in total. The number of rotatable bonds is 2. The number of thiocarbonyl (C=S) groups is 1. The maximum atomic E-state index is 5.60. The molecule has 0 aliphatic carbocycles. The number of aliphatic imine (C=N–C) groups is 1. The van der Waals surface area contributed by atoms with Crippen LogP contribution < -0.4 is 5.32 Å². The maximum absolute atomic E-state index is 5.60. The predicted octanol–water partition coefficient (Wildman–Crippen LogP) is 4.62. The fourth-order valence-electron chi connectivity index (χ4n) is 2.85. The lowest BCUT2D eigenvalue weighted by atomic mass is 10.1. The Morgan fingerprint density at radius 1 is 0.958 bits per heavy atom. The summed E-state index contributed by atoms with van der Waals surface area (Å²) in [6.07, 6.45) is 3.68. The van der Waals surface area contributed by atoms with Crippen molar-refractivity contribution < 1.29 is 0 Å². The van der Waals surface area contributed by atoms with E-state index in [2.05, 4.69) is 41.4 Å². The smallest absolute Gasteiger partial charge is 0.197 e. The minimum Gasteiger partial charge on any atom is -0.347 e. The van der Waals surface area contributed by atoms with Gasteiger partial charge in [0.2, 0.25) is 0 Å². The van der Waals surface area contributed by atoms with Gasteiger partial charge in [0, 0.05) is 24.3 Å². The molecule has 0 unspecified atom stereocenters. The van der Waals surface area contributed by atoms with Crippen molar-refractivity contribution in [1.82, 2.24) is 4.90 Å². The van der Waals surface area contributed by atoms with Crippen molar-refractivity contribution in [2.24, 2.45) is 4.99 Å². The van der Waals surface area contributed by atoms with E-state index >= 15 is 0 Å². The maximum Gasteiger partial charge on any atom is 0.197 e. The second-order valence-corrected chi connectivity index (χ2v) is 6.46. The molecule has 1 aliphatic heterocycles. The molecule has 0 aromatic heterocycles. The molecular formula is C20H23N3S. The molecular weight excluding hydrogens is 314 g/mol. The van der Waals surface area contributed by atoms with Gasteiger partial charge in [-0.2, -0.15) is 0 Å².